The Morgan fingerprint density at radius 1 is 1.07 bits per heavy atom. The molecule has 3 heterocycles. The number of anilines is 1. The van der Waals surface area contributed by atoms with Crippen LogP contribution in [-0.4, -0.2) is 39.7 Å². The minimum absolute atomic E-state index is 0.419. The average molecular weight is 365 g/mol. The monoisotopic (exact) mass is 365 g/mol. The lowest BCUT2D eigenvalue weighted by Crippen LogP contribution is -2.35. The van der Waals surface area contributed by atoms with E-state index in [2.05, 4.69) is 20.6 Å². The van der Waals surface area contributed by atoms with Crippen molar-refractivity contribution in [2.24, 2.45) is 0 Å². The van der Waals surface area contributed by atoms with E-state index < -0.39 is 11.7 Å². The lowest BCUT2D eigenvalue weighted by atomic mass is 10.1. The van der Waals surface area contributed by atoms with Crippen LogP contribution in [0, 0.1) is 0 Å². The molecule has 0 fully saturated rings. The summed E-state index contributed by atoms with van der Waals surface area (Å²) >= 11 is 0. The highest BCUT2D eigenvalue weighted by atomic mass is 16.6. The van der Waals surface area contributed by atoms with Gasteiger partial charge in [-0.25, -0.2) is 9.78 Å². The molecule has 7 nitrogen and oxygen atoms in total. The molecule has 0 aliphatic rings. The zero-order chi connectivity index (χ0) is 19.3. The average Bonchev–Trinajstić information content (AvgIpc) is 2.64. The number of nitrogens with one attached hydrogen (secondary N) is 2. The van der Waals surface area contributed by atoms with Gasteiger partial charge in [0.15, 0.2) is 0 Å². The summed E-state index contributed by atoms with van der Waals surface area (Å²) in [4.78, 5) is 24.7. The highest BCUT2D eigenvalue weighted by molar-refractivity contribution is 5.93. The predicted molar refractivity (Wildman–Crippen MR) is 105 cm³/mol. The number of amides is 1. The normalized spacial score (nSPS) is 11.2. The molecule has 3 aromatic heterocycles. The molecule has 0 unspecified atom stereocenters. The topological polar surface area (TPSA) is 89.0 Å². The van der Waals surface area contributed by atoms with Crippen molar-refractivity contribution in [3.05, 3.63) is 49.1 Å². The van der Waals surface area contributed by atoms with E-state index in [-0.39, 0.29) is 0 Å². The summed E-state index contributed by atoms with van der Waals surface area (Å²) in [6.45, 7) is 6.44. The van der Waals surface area contributed by atoms with Gasteiger partial charge < -0.3 is 15.4 Å². The molecular formula is C20H23N5O2. The number of pyridine rings is 3. The molecule has 3 rings (SSSR count). The molecule has 0 atom stereocenters. The molecule has 27 heavy (non-hydrogen) atoms. The van der Waals surface area contributed by atoms with E-state index in [1.54, 1.807) is 18.6 Å². The molecule has 140 valence electrons. The summed E-state index contributed by atoms with van der Waals surface area (Å²) in [6, 6.07) is 7.75. The number of alkyl carbamates (subject to hydrolysis) is 1. The SMILES string of the molecule is CC(C)(C)OC(=O)NCCNc1nc(-c2ccncc2)cc2cnccc12. The lowest BCUT2D eigenvalue weighted by molar-refractivity contribution is 0.0530. The van der Waals surface area contributed by atoms with Gasteiger partial charge in [0, 0.05) is 54.2 Å². The Labute approximate surface area is 158 Å². The molecule has 3 aromatic rings. The fraction of sp³-hybridized carbons (Fsp3) is 0.300. The quantitative estimate of drug-likeness (QED) is 0.671. The van der Waals surface area contributed by atoms with Gasteiger partial charge in [0.1, 0.15) is 11.4 Å². The van der Waals surface area contributed by atoms with Gasteiger partial charge in [-0.15, -0.1) is 0 Å². The second-order valence-electron chi connectivity index (χ2n) is 7.04. The lowest BCUT2D eigenvalue weighted by Gasteiger charge is -2.19. The van der Waals surface area contributed by atoms with Crippen molar-refractivity contribution in [2.45, 2.75) is 26.4 Å². The van der Waals surface area contributed by atoms with Crippen LogP contribution in [0.4, 0.5) is 10.6 Å². The zero-order valence-electron chi connectivity index (χ0n) is 15.7. The summed E-state index contributed by atoms with van der Waals surface area (Å²) < 4.78 is 5.23. The van der Waals surface area contributed by atoms with Crippen LogP contribution in [0.25, 0.3) is 22.0 Å². The molecule has 0 aliphatic heterocycles. The first kappa shape index (κ1) is 18.6. The van der Waals surface area contributed by atoms with Gasteiger partial charge in [-0.3, -0.25) is 9.97 Å². The van der Waals surface area contributed by atoms with Crippen LogP contribution in [-0.2, 0) is 4.74 Å². The molecule has 0 aliphatic carbocycles. The van der Waals surface area contributed by atoms with Crippen molar-refractivity contribution in [3.8, 4) is 11.3 Å². The molecule has 0 saturated heterocycles. The number of aromatic nitrogens is 3. The van der Waals surface area contributed by atoms with Crippen molar-refractivity contribution >= 4 is 22.7 Å². The molecule has 0 aromatic carbocycles. The van der Waals surface area contributed by atoms with E-state index in [0.29, 0.717) is 13.1 Å². The molecule has 0 radical (unpaired) electrons. The van der Waals surface area contributed by atoms with Gasteiger partial charge in [0.05, 0.1) is 5.69 Å². The maximum Gasteiger partial charge on any atom is 0.407 e. The third kappa shape index (κ3) is 5.13. The summed E-state index contributed by atoms with van der Waals surface area (Å²) in [5.74, 6) is 0.743. The largest absolute Gasteiger partial charge is 0.444 e. The Morgan fingerprint density at radius 2 is 1.81 bits per heavy atom. The maximum atomic E-state index is 11.7. The number of fused-ring (bicyclic) bond motifs is 1. The molecule has 0 bridgehead atoms. The first-order valence-corrected chi connectivity index (χ1v) is 8.78. The summed E-state index contributed by atoms with van der Waals surface area (Å²) in [6.07, 6.45) is 6.59. The van der Waals surface area contributed by atoms with Gasteiger partial charge in [0.25, 0.3) is 0 Å². The highest BCUT2D eigenvalue weighted by Crippen LogP contribution is 2.26. The zero-order valence-corrected chi connectivity index (χ0v) is 15.7. The number of ether oxygens (including phenoxy) is 1. The number of hydrogen-bond donors (Lipinski definition) is 2. The molecule has 2 N–H and O–H groups in total. The van der Waals surface area contributed by atoms with Crippen LogP contribution in [0.5, 0.6) is 0 Å². The predicted octanol–water partition coefficient (Wildman–Crippen LogP) is 3.63. The van der Waals surface area contributed by atoms with E-state index in [1.165, 1.54) is 0 Å². The van der Waals surface area contributed by atoms with Gasteiger partial charge in [-0.2, -0.15) is 0 Å². The molecule has 0 saturated carbocycles. The van der Waals surface area contributed by atoms with Crippen molar-refractivity contribution in [3.63, 3.8) is 0 Å². The van der Waals surface area contributed by atoms with Crippen molar-refractivity contribution in [1.29, 1.82) is 0 Å². The van der Waals surface area contributed by atoms with E-state index in [4.69, 9.17) is 9.72 Å². The van der Waals surface area contributed by atoms with E-state index in [9.17, 15) is 4.79 Å². The van der Waals surface area contributed by atoms with E-state index in [1.807, 2.05) is 51.2 Å². The summed E-state index contributed by atoms with van der Waals surface area (Å²) in [5, 5.41) is 7.98. The second kappa shape index (κ2) is 7.99. The van der Waals surface area contributed by atoms with Crippen LogP contribution < -0.4 is 10.6 Å². The number of rotatable bonds is 5. The fourth-order valence-electron chi connectivity index (χ4n) is 2.56. The van der Waals surface area contributed by atoms with Crippen LogP contribution >= 0.6 is 0 Å². The second-order valence-corrected chi connectivity index (χ2v) is 7.04. The molecule has 1 amide bonds. The highest BCUT2D eigenvalue weighted by Gasteiger charge is 2.15. The Morgan fingerprint density at radius 3 is 2.56 bits per heavy atom. The van der Waals surface area contributed by atoms with Crippen LogP contribution in [0.1, 0.15) is 20.8 Å². The number of carbonyl (C=O) groups excluding carboxylic acids is 1. The van der Waals surface area contributed by atoms with Crippen LogP contribution in [0.2, 0.25) is 0 Å². The van der Waals surface area contributed by atoms with Gasteiger partial charge in [-0.1, -0.05) is 0 Å². The third-order valence-corrected chi connectivity index (χ3v) is 3.69. The standard InChI is InChI=1S/C20H23N5O2/c1-20(2,3)27-19(26)24-11-10-23-18-16-6-9-22-13-15(16)12-17(25-18)14-4-7-21-8-5-14/h4-9,12-13H,10-11H2,1-3H3,(H,23,25)(H,24,26). The summed E-state index contributed by atoms with van der Waals surface area (Å²) in [7, 11) is 0. The fourth-order valence-corrected chi connectivity index (χ4v) is 2.56. The third-order valence-electron chi connectivity index (χ3n) is 3.69. The van der Waals surface area contributed by atoms with Crippen molar-refractivity contribution in [2.75, 3.05) is 18.4 Å². The maximum absolute atomic E-state index is 11.7. The molecular weight excluding hydrogens is 342 g/mol. The van der Waals surface area contributed by atoms with Crippen LogP contribution in [0.3, 0.4) is 0 Å². The smallest absolute Gasteiger partial charge is 0.407 e. The summed E-state index contributed by atoms with van der Waals surface area (Å²) in [5.41, 5.74) is 1.30. The Kier molecular flexibility index (Phi) is 5.49. The van der Waals surface area contributed by atoms with Gasteiger partial charge in [0.2, 0.25) is 0 Å². The Hall–Kier alpha value is -3.22. The number of nitrogens with zero attached hydrogens (tertiary/aromatic N) is 3. The van der Waals surface area contributed by atoms with Gasteiger partial charge >= 0.3 is 6.09 Å². The number of carbonyl (C=O) groups is 1. The van der Waals surface area contributed by atoms with E-state index >= 15 is 0 Å². The molecule has 7 heteroatoms. The van der Waals surface area contributed by atoms with Gasteiger partial charge in [-0.05, 0) is 45.0 Å². The minimum Gasteiger partial charge on any atom is -0.444 e. The minimum atomic E-state index is -0.513. The van der Waals surface area contributed by atoms with E-state index in [0.717, 1.165) is 27.8 Å². The Balaban J connectivity index is 1.73. The first-order chi connectivity index (χ1) is 12.9. The number of hydrogen-bond acceptors (Lipinski definition) is 6. The Bertz CT molecular complexity index is 923. The molecule has 0 spiro atoms. The van der Waals surface area contributed by atoms with Crippen molar-refractivity contribution < 1.29 is 9.53 Å². The first-order valence-electron chi connectivity index (χ1n) is 8.78. The van der Waals surface area contributed by atoms with Crippen molar-refractivity contribution in [1.82, 2.24) is 20.3 Å². The van der Waals surface area contributed by atoms with Crippen LogP contribution in [0.15, 0.2) is 49.1 Å².